The highest BCUT2D eigenvalue weighted by molar-refractivity contribution is 5.84. The smallest absolute Gasteiger partial charge is 0.410 e. The maximum absolute atomic E-state index is 13.9. The van der Waals surface area contributed by atoms with Gasteiger partial charge in [0.15, 0.2) is 5.60 Å². The highest BCUT2D eigenvalue weighted by Crippen LogP contribution is 2.40. The SMILES string of the molecule is O=C1OC2(CCN(C(=O)C3(Cc4ccccc4)CCOCC3)C2)CN1CCc1ccccc1. The minimum absolute atomic E-state index is 0.185. The Bertz CT molecular complexity index is 974. The van der Waals surface area contributed by atoms with E-state index in [1.165, 1.54) is 11.1 Å². The number of hydrogen-bond donors (Lipinski definition) is 0. The number of ether oxygens (including phenoxy) is 2. The zero-order valence-electron chi connectivity index (χ0n) is 19.1. The van der Waals surface area contributed by atoms with Crippen LogP contribution >= 0.6 is 0 Å². The molecule has 6 heteroatoms. The molecule has 0 bridgehead atoms. The number of carbonyl (C=O) groups excluding carboxylic acids is 2. The van der Waals surface area contributed by atoms with Gasteiger partial charge in [0.05, 0.1) is 18.5 Å². The molecule has 0 aliphatic carbocycles. The van der Waals surface area contributed by atoms with Gasteiger partial charge in [0.1, 0.15) is 0 Å². The van der Waals surface area contributed by atoms with E-state index in [1.807, 2.05) is 41.3 Å². The maximum Gasteiger partial charge on any atom is 0.410 e. The zero-order chi connectivity index (χ0) is 22.7. The van der Waals surface area contributed by atoms with Gasteiger partial charge >= 0.3 is 6.09 Å². The van der Waals surface area contributed by atoms with Crippen LogP contribution in [-0.4, -0.2) is 66.8 Å². The molecule has 6 nitrogen and oxygen atoms in total. The molecule has 3 fully saturated rings. The lowest BCUT2D eigenvalue weighted by Crippen LogP contribution is -2.49. The molecule has 0 saturated carbocycles. The second-order valence-corrected chi connectivity index (χ2v) is 9.74. The number of nitrogens with zero attached hydrogens (tertiary/aromatic N) is 2. The molecule has 33 heavy (non-hydrogen) atoms. The van der Waals surface area contributed by atoms with E-state index in [0.29, 0.717) is 45.8 Å². The summed E-state index contributed by atoms with van der Waals surface area (Å²) in [6.07, 6.45) is 3.42. The van der Waals surface area contributed by atoms with Crippen LogP contribution in [0.15, 0.2) is 60.7 Å². The summed E-state index contributed by atoms with van der Waals surface area (Å²) in [5, 5.41) is 0. The fourth-order valence-electron chi connectivity index (χ4n) is 5.55. The van der Waals surface area contributed by atoms with Crippen LogP contribution in [0.3, 0.4) is 0 Å². The Morgan fingerprint density at radius 2 is 1.55 bits per heavy atom. The molecule has 2 aromatic carbocycles. The van der Waals surface area contributed by atoms with Crippen molar-refractivity contribution in [1.82, 2.24) is 9.80 Å². The Morgan fingerprint density at radius 3 is 2.24 bits per heavy atom. The maximum atomic E-state index is 13.9. The summed E-state index contributed by atoms with van der Waals surface area (Å²) in [4.78, 5) is 30.2. The summed E-state index contributed by atoms with van der Waals surface area (Å²) in [5.41, 5.74) is 1.36. The van der Waals surface area contributed by atoms with Gasteiger partial charge in [-0.1, -0.05) is 60.7 Å². The Hall–Kier alpha value is -2.86. The second kappa shape index (κ2) is 9.18. The number of carbonyl (C=O) groups is 2. The molecule has 0 N–H and O–H groups in total. The van der Waals surface area contributed by atoms with Crippen LogP contribution in [0, 0.1) is 5.41 Å². The van der Waals surface area contributed by atoms with Gasteiger partial charge in [-0.25, -0.2) is 4.79 Å². The predicted molar refractivity (Wildman–Crippen MR) is 125 cm³/mol. The van der Waals surface area contributed by atoms with Crippen molar-refractivity contribution in [3.63, 3.8) is 0 Å². The van der Waals surface area contributed by atoms with Gasteiger partial charge < -0.3 is 19.3 Å². The third-order valence-corrected chi connectivity index (χ3v) is 7.45. The third kappa shape index (κ3) is 4.62. The first-order valence-electron chi connectivity index (χ1n) is 12.0. The Kier molecular flexibility index (Phi) is 6.11. The molecule has 3 heterocycles. The predicted octanol–water partition coefficient (Wildman–Crippen LogP) is 3.69. The molecule has 3 aliphatic rings. The van der Waals surface area contributed by atoms with Crippen LogP contribution < -0.4 is 0 Å². The summed E-state index contributed by atoms with van der Waals surface area (Å²) in [6, 6.07) is 20.4. The average molecular weight is 449 g/mol. The number of amides is 2. The van der Waals surface area contributed by atoms with Crippen LogP contribution in [0.25, 0.3) is 0 Å². The molecule has 3 saturated heterocycles. The molecule has 1 atom stereocenters. The topological polar surface area (TPSA) is 59.1 Å². The summed E-state index contributed by atoms with van der Waals surface area (Å²) in [7, 11) is 0. The van der Waals surface area contributed by atoms with Gasteiger partial charge in [-0.2, -0.15) is 0 Å². The van der Waals surface area contributed by atoms with E-state index in [1.54, 1.807) is 4.90 Å². The monoisotopic (exact) mass is 448 g/mol. The molecule has 1 unspecified atom stereocenters. The molecule has 1 spiro atoms. The minimum Gasteiger partial charge on any atom is -0.439 e. The Labute approximate surface area is 195 Å². The van der Waals surface area contributed by atoms with Crippen molar-refractivity contribution in [2.75, 3.05) is 39.4 Å². The van der Waals surface area contributed by atoms with E-state index in [-0.39, 0.29) is 12.0 Å². The molecular weight excluding hydrogens is 416 g/mol. The van der Waals surface area contributed by atoms with Crippen molar-refractivity contribution in [2.45, 2.75) is 37.7 Å². The van der Waals surface area contributed by atoms with E-state index in [9.17, 15) is 9.59 Å². The van der Waals surface area contributed by atoms with Crippen LogP contribution in [0.4, 0.5) is 4.79 Å². The minimum atomic E-state index is -0.581. The fourth-order valence-corrected chi connectivity index (χ4v) is 5.55. The largest absolute Gasteiger partial charge is 0.439 e. The van der Waals surface area contributed by atoms with E-state index in [4.69, 9.17) is 9.47 Å². The van der Waals surface area contributed by atoms with Gasteiger partial charge in [0.2, 0.25) is 5.91 Å². The summed E-state index contributed by atoms with van der Waals surface area (Å²) in [6.45, 7) is 3.53. The number of hydrogen-bond acceptors (Lipinski definition) is 4. The summed E-state index contributed by atoms with van der Waals surface area (Å²) in [5.74, 6) is 0.185. The van der Waals surface area contributed by atoms with Crippen molar-refractivity contribution >= 4 is 12.0 Å². The molecule has 2 amide bonds. The number of benzene rings is 2. The fraction of sp³-hybridized carbons (Fsp3) is 0.481. The van der Waals surface area contributed by atoms with Gasteiger partial charge in [-0.15, -0.1) is 0 Å². The third-order valence-electron chi connectivity index (χ3n) is 7.45. The normalized spacial score (nSPS) is 24.3. The Balaban J connectivity index is 1.25. The summed E-state index contributed by atoms with van der Waals surface area (Å²) < 4.78 is 11.5. The lowest BCUT2D eigenvalue weighted by molar-refractivity contribution is -0.147. The Morgan fingerprint density at radius 1 is 0.879 bits per heavy atom. The van der Waals surface area contributed by atoms with Gasteiger partial charge in [-0.3, -0.25) is 4.79 Å². The van der Waals surface area contributed by atoms with Crippen molar-refractivity contribution in [2.24, 2.45) is 5.41 Å². The van der Waals surface area contributed by atoms with Crippen LogP contribution in [0.1, 0.15) is 30.4 Å². The first-order valence-corrected chi connectivity index (χ1v) is 12.0. The highest BCUT2D eigenvalue weighted by Gasteiger charge is 2.53. The standard InChI is InChI=1S/C27H32N2O4/c30-24(26(13-17-32-18-14-26)19-23-9-5-2-6-10-23)28-16-12-27(20-28)21-29(25(31)33-27)15-11-22-7-3-1-4-8-22/h1-10H,11-21H2. The van der Waals surface area contributed by atoms with Crippen LogP contribution in [0.5, 0.6) is 0 Å². The highest BCUT2D eigenvalue weighted by atomic mass is 16.6. The van der Waals surface area contributed by atoms with Gasteiger partial charge in [-0.05, 0) is 36.8 Å². The first-order chi connectivity index (χ1) is 16.1. The average Bonchev–Trinajstić information content (AvgIpc) is 3.40. The number of rotatable bonds is 6. The van der Waals surface area contributed by atoms with Gasteiger partial charge in [0.25, 0.3) is 0 Å². The van der Waals surface area contributed by atoms with Crippen LogP contribution in [0.2, 0.25) is 0 Å². The first kappa shape index (κ1) is 22.0. The summed E-state index contributed by atoms with van der Waals surface area (Å²) >= 11 is 0. The van der Waals surface area contributed by atoms with E-state index >= 15 is 0 Å². The van der Waals surface area contributed by atoms with Crippen molar-refractivity contribution in [3.8, 4) is 0 Å². The quantitative estimate of drug-likeness (QED) is 0.676. The van der Waals surface area contributed by atoms with E-state index in [2.05, 4.69) is 24.3 Å². The lowest BCUT2D eigenvalue weighted by atomic mass is 9.74. The van der Waals surface area contributed by atoms with Crippen LogP contribution in [-0.2, 0) is 27.1 Å². The van der Waals surface area contributed by atoms with Gasteiger partial charge in [0, 0.05) is 32.7 Å². The number of likely N-dealkylation sites (tertiary alicyclic amines) is 1. The lowest BCUT2D eigenvalue weighted by Gasteiger charge is -2.39. The van der Waals surface area contributed by atoms with E-state index in [0.717, 1.165) is 25.7 Å². The molecule has 0 aromatic heterocycles. The van der Waals surface area contributed by atoms with E-state index < -0.39 is 11.0 Å². The molecule has 0 radical (unpaired) electrons. The molecule has 3 aliphatic heterocycles. The van der Waals surface area contributed by atoms with Crippen molar-refractivity contribution in [1.29, 1.82) is 0 Å². The molecular formula is C27H32N2O4. The van der Waals surface area contributed by atoms with Crippen molar-refractivity contribution < 1.29 is 19.1 Å². The molecule has 2 aromatic rings. The molecule has 174 valence electrons. The molecule has 5 rings (SSSR count). The second-order valence-electron chi connectivity index (χ2n) is 9.74. The van der Waals surface area contributed by atoms with Crippen molar-refractivity contribution in [3.05, 3.63) is 71.8 Å². The zero-order valence-corrected chi connectivity index (χ0v) is 19.1.